The van der Waals surface area contributed by atoms with Crippen molar-refractivity contribution in [1.29, 1.82) is 0 Å². The van der Waals surface area contributed by atoms with Gasteiger partial charge in [-0.1, -0.05) is 39.7 Å². The summed E-state index contributed by atoms with van der Waals surface area (Å²) >= 11 is 9.76. The molecule has 2 aromatic carbocycles. The van der Waals surface area contributed by atoms with E-state index in [1.165, 1.54) is 26.4 Å². The van der Waals surface area contributed by atoms with E-state index in [0.717, 1.165) is 17.9 Å². The Bertz CT molecular complexity index is 531. The van der Waals surface area contributed by atoms with Crippen LogP contribution >= 0.6 is 27.5 Å². The normalized spacial score (nSPS) is 13.9. The minimum Gasteiger partial charge on any atom is -0.0837 e. The lowest BCUT2D eigenvalue weighted by atomic mass is 10.1. The molecule has 0 saturated heterocycles. The Balaban J connectivity index is 2.57. The third kappa shape index (κ3) is 1.06. The van der Waals surface area contributed by atoms with Gasteiger partial charge in [0.05, 0.1) is 0 Å². The topological polar surface area (TPSA) is 0 Å². The Morgan fingerprint density at radius 1 is 1.07 bits per heavy atom. The van der Waals surface area contributed by atoms with E-state index < -0.39 is 0 Å². The maximum atomic E-state index is 6.17. The molecule has 2 heteroatoms. The summed E-state index contributed by atoms with van der Waals surface area (Å²) in [6, 6.07) is 8.34. The van der Waals surface area contributed by atoms with E-state index in [4.69, 9.17) is 11.6 Å². The van der Waals surface area contributed by atoms with Gasteiger partial charge in [-0.05, 0) is 41.5 Å². The fourth-order valence-corrected chi connectivity index (χ4v) is 3.00. The zero-order valence-corrected chi connectivity index (χ0v) is 9.82. The summed E-state index contributed by atoms with van der Waals surface area (Å²) in [6.07, 6.45) is 2.28. The summed E-state index contributed by atoms with van der Waals surface area (Å²) < 4.78 is 1.21. The van der Waals surface area contributed by atoms with Gasteiger partial charge in [0, 0.05) is 14.9 Å². The van der Waals surface area contributed by atoms with Crippen LogP contribution in [0.15, 0.2) is 28.7 Å². The van der Waals surface area contributed by atoms with Gasteiger partial charge in [-0.15, -0.1) is 0 Å². The first kappa shape index (κ1) is 8.75. The van der Waals surface area contributed by atoms with E-state index >= 15 is 0 Å². The molecule has 0 saturated carbocycles. The van der Waals surface area contributed by atoms with Gasteiger partial charge in [-0.3, -0.25) is 0 Å². The molecular formula is C12H8BrCl. The predicted octanol–water partition coefficient (Wildman–Crippen LogP) is 4.35. The molecule has 0 fully saturated rings. The zero-order chi connectivity index (χ0) is 9.71. The average Bonchev–Trinajstić information content (AvgIpc) is 2.60. The molecule has 2 aromatic rings. The van der Waals surface area contributed by atoms with Gasteiger partial charge >= 0.3 is 0 Å². The number of rotatable bonds is 0. The highest BCUT2D eigenvalue weighted by molar-refractivity contribution is 9.10. The molecule has 0 spiro atoms. The van der Waals surface area contributed by atoms with Crippen molar-refractivity contribution in [2.45, 2.75) is 12.8 Å². The Morgan fingerprint density at radius 2 is 1.93 bits per heavy atom. The third-order valence-corrected chi connectivity index (χ3v) is 3.98. The van der Waals surface area contributed by atoms with E-state index in [2.05, 4.69) is 34.1 Å². The van der Waals surface area contributed by atoms with Crippen LogP contribution in [0.3, 0.4) is 0 Å². The number of benzene rings is 2. The third-order valence-electron chi connectivity index (χ3n) is 2.91. The smallest absolute Gasteiger partial charge is 0.0484 e. The predicted molar refractivity (Wildman–Crippen MR) is 64.1 cm³/mol. The van der Waals surface area contributed by atoms with E-state index in [9.17, 15) is 0 Å². The SMILES string of the molecule is Clc1ccc2c3c(c(Br)ccc13)CC2. The number of hydrogen-bond acceptors (Lipinski definition) is 0. The summed E-state index contributed by atoms with van der Waals surface area (Å²) in [5.74, 6) is 0. The molecule has 0 N–H and O–H groups in total. The molecule has 0 amide bonds. The highest BCUT2D eigenvalue weighted by Gasteiger charge is 2.17. The minimum atomic E-state index is 0.861. The van der Waals surface area contributed by atoms with Crippen LogP contribution in [0.25, 0.3) is 10.8 Å². The molecule has 0 unspecified atom stereocenters. The molecule has 1 aliphatic rings. The molecule has 0 heterocycles. The van der Waals surface area contributed by atoms with Crippen molar-refractivity contribution >= 4 is 38.3 Å². The molecule has 1 aliphatic carbocycles. The minimum absolute atomic E-state index is 0.861. The van der Waals surface area contributed by atoms with Gasteiger partial charge in [0.1, 0.15) is 0 Å². The first-order valence-corrected chi connectivity index (χ1v) is 5.83. The van der Waals surface area contributed by atoms with E-state index in [1.807, 2.05) is 6.07 Å². The second-order valence-corrected chi connectivity index (χ2v) is 4.92. The first-order chi connectivity index (χ1) is 6.77. The van der Waals surface area contributed by atoms with Crippen molar-refractivity contribution < 1.29 is 0 Å². The maximum Gasteiger partial charge on any atom is 0.0484 e. The zero-order valence-electron chi connectivity index (χ0n) is 7.48. The van der Waals surface area contributed by atoms with Crippen LogP contribution in [0.5, 0.6) is 0 Å². The monoisotopic (exact) mass is 266 g/mol. The Labute approximate surface area is 96.0 Å². The van der Waals surface area contributed by atoms with Crippen LogP contribution in [0.1, 0.15) is 11.1 Å². The lowest BCUT2D eigenvalue weighted by molar-refractivity contribution is 1.02. The molecule has 0 radical (unpaired) electrons. The number of hydrogen-bond donors (Lipinski definition) is 0. The van der Waals surface area contributed by atoms with E-state index in [0.29, 0.717) is 0 Å². The van der Waals surface area contributed by atoms with Gasteiger partial charge < -0.3 is 0 Å². The maximum absolute atomic E-state index is 6.17. The Morgan fingerprint density at radius 3 is 2.79 bits per heavy atom. The molecule has 0 aliphatic heterocycles. The summed E-state index contributed by atoms with van der Waals surface area (Å²) in [5.41, 5.74) is 2.85. The molecule has 70 valence electrons. The van der Waals surface area contributed by atoms with Crippen LogP contribution in [0, 0.1) is 0 Å². The molecule has 14 heavy (non-hydrogen) atoms. The van der Waals surface area contributed by atoms with Gasteiger partial charge in [0.25, 0.3) is 0 Å². The van der Waals surface area contributed by atoms with Crippen molar-refractivity contribution in [2.75, 3.05) is 0 Å². The van der Waals surface area contributed by atoms with Crippen molar-refractivity contribution in [2.24, 2.45) is 0 Å². The van der Waals surface area contributed by atoms with Crippen LogP contribution in [-0.4, -0.2) is 0 Å². The van der Waals surface area contributed by atoms with Crippen molar-refractivity contribution in [3.05, 3.63) is 44.9 Å². The molecule has 3 rings (SSSR count). The molecular weight excluding hydrogens is 259 g/mol. The standard InChI is InChI=1S/C12H8BrCl/c13-10-5-4-9-11(14)6-2-7-1-3-8(10)12(7)9/h2,4-6H,1,3H2. The molecule has 0 nitrogen and oxygen atoms in total. The lowest BCUT2D eigenvalue weighted by Crippen LogP contribution is -1.81. The largest absolute Gasteiger partial charge is 0.0837 e. The van der Waals surface area contributed by atoms with E-state index in [1.54, 1.807) is 0 Å². The summed E-state index contributed by atoms with van der Waals surface area (Å²) in [6.45, 7) is 0. The quantitative estimate of drug-likeness (QED) is 0.665. The number of aryl methyl sites for hydroxylation is 2. The summed E-state index contributed by atoms with van der Waals surface area (Å²) in [4.78, 5) is 0. The molecule has 0 atom stereocenters. The van der Waals surface area contributed by atoms with Gasteiger partial charge in [0.15, 0.2) is 0 Å². The highest BCUT2D eigenvalue weighted by Crippen LogP contribution is 2.38. The fourth-order valence-electron chi connectivity index (χ4n) is 2.25. The van der Waals surface area contributed by atoms with Gasteiger partial charge in [-0.2, -0.15) is 0 Å². The Hall–Kier alpha value is -0.530. The van der Waals surface area contributed by atoms with Crippen molar-refractivity contribution in [3.63, 3.8) is 0 Å². The summed E-state index contributed by atoms with van der Waals surface area (Å²) in [5, 5.41) is 3.42. The molecule has 0 bridgehead atoms. The van der Waals surface area contributed by atoms with E-state index in [-0.39, 0.29) is 0 Å². The molecule has 0 aromatic heterocycles. The van der Waals surface area contributed by atoms with Crippen molar-refractivity contribution in [1.82, 2.24) is 0 Å². The fraction of sp³-hybridized carbons (Fsp3) is 0.167. The first-order valence-electron chi connectivity index (χ1n) is 4.66. The summed E-state index contributed by atoms with van der Waals surface area (Å²) in [7, 11) is 0. The van der Waals surface area contributed by atoms with Crippen LogP contribution in [0.2, 0.25) is 5.02 Å². The lowest BCUT2D eigenvalue weighted by Gasteiger charge is -2.05. The average molecular weight is 268 g/mol. The van der Waals surface area contributed by atoms with Crippen LogP contribution < -0.4 is 0 Å². The van der Waals surface area contributed by atoms with Gasteiger partial charge in [0.2, 0.25) is 0 Å². The highest BCUT2D eigenvalue weighted by atomic mass is 79.9. The second kappa shape index (κ2) is 2.98. The van der Waals surface area contributed by atoms with Crippen molar-refractivity contribution in [3.8, 4) is 0 Å². The second-order valence-electron chi connectivity index (χ2n) is 3.66. The Kier molecular flexibility index (Phi) is 1.86. The number of halogens is 2. The van der Waals surface area contributed by atoms with Crippen LogP contribution in [0.4, 0.5) is 0 Å². The van der Waals surface area contributed by atoms with Crippen LogP contribution in [-0.2, 0) is 12.8 Å². The van der Waals surface area contributed by atoms with Gasteiger partial charge in [-0.25, -0.2) is 0 Å².